The minimum atomic E-state index is -1.36. The molecule has 24 heavy (non-hydrogen) atoms. The molecule has 0 fully saturated rings. The van der Waals surface area contributed by atoms with E-state index in [1.807, 2.05) is 5.32 Å². The van der Waals surface area contributed by atoms with Gasteiger partial charge in [-0.2, -0.15) is 0 Å². The summed E-state index contributed by atoms with van der Waals surface area (Å²) < 4.78 is 0. The van der Waals surface area contributed by atoms with Crippen molar-refractivity contribution in [3.8, 4) is 0 Å². The Bertz CT molecular complexity index is 507. The Kier molecular flexibility index (Phi) is 9.02. The number of aliphatic carboxylic acids is 1. The van der Waals surface area contributed by atoms with Crippen molar-refractivity contribution in [2.24, 2.45) is 17.4 Å². The second-order valence-electron chi connectivity index (χ2n) is 5.34. The Balaban J connectivity index is 5.05. The van der Waals surface area contributed by atoms with Gasteiger partial charge in [-0.3, -0.25) is 24.0 Å². The number of primary amides is 1. The summed E-state index contributed by atoms with van der Waals surface area (Å²) in [4.78, 5) is 57.0. The molecule has 11 heteroatoms. The fourth-order valence-electron chi connectivity index (χ4n) is 1.73. The van der Waals surface area contributed by atoms with Crippen LogP contribution in [0.4, 0.5) is 0 Å². The Hall–Kier alpha value is -2.69. The minimum Gasteiger partial charge on any atom is -0.480 e. The first-order chi connectivity index (χ1) is 11.1. The van der Waals surface area contributed by atoms with Crippen LogP contribution in [0.25, 0.3) is 0 Å². The monoisotopic (exact) mass is 345 g/mol. The van der Waals surface area contributed by atoms with E-state index in [0.29, 0.717) is 0 Å². The maximum Gasteiger partial charge on any atom is 0.322 e. The van der Waals surface area contributed by atoms with Gasteiger partial charge in [0.15, 0.2) is 0 Å². The molecule has 0 aromatic carbocycles. The van der Waals surface area contributed by atoms with Crippen LogP contribution in [0.3, 0.4) is 0 Å². The van der Waals surface area contributed by atoms with Gasteiger partial charge in [-0.15, -0.1) is 0 Å². The SMILES string of the molecule is CC(C)C(NC(=O)CN)C(=O)NC(CC(N)=O)C(=O)NCC(=O)O. The van der Waals surface area contributed by atoms with Crippen LogP contribution in [-0.4, -0.2) is 59.9 Å². The highest BCUT2D eigenvalue weighted by Gasteiger charge is 2.29. The zero-order valence-corrected chi connectivity index (χ0v) is 13.5. The lowest BCUT2D eigenvalue weighted by Gasteiger charge is -2.24. The average Bonchev–Trinajstić information content (AvgIpc) is 2.48. The molecular formula is C13H23N5O6. The number of carbonyl (C=O) groups excluding carboxylic acids is 4. The molecule has 0 aliphatic carbocycles. The second-order valence-corrected chi connectivity index (χ2v) is 5.34. The van der Waals surface area contributed by atoms with E-state index in [9.17, 15) is 24.0 Å². The van der Waals surface area contributed by atoms with Gasteiger partial charge in [0.25, 0.3) is 0 Å². The van der Waals surface area contributed by atoms with Crippen molar-refractivity contribution >= 4 is 29.6 Å². The molecule has 0 aromatic rings. The Morgan fingerprint density at radius 3 is 2.04 bits per heavy atom. The van der Waals surface area contributed by atoms with E-state index in [-0.39, 0.29) is 12.5 Å². The lowest BCUT2D eigenvalue weighted by molar-refractivity contribution is -0.138. The standard InChI is InChI=1S/C13H23N5O6/c1-6(2)11(18-9(20)4-14)13(24)17-7(3-8(15)19)12(23)16-5-10(21)22/h6-7,11H,3-5,14H2,1-2H3,(H2,15,19)(H,16,23)(H,17,24)(H,18,20)(H,21,22). The number of nitrogens with one attached hydrogen (secondary N) is 3. The van der Waals surface area contributed by atoms with E-state index in [4.69, 9.17) is 16.6 Å². The highest BCUT2D eigenvalue weighted by Crippen LogP contribution is 2.03. The Labute approximate surface area is 138 Å². The van der Waals surface area contributed by atoms with Gasteiger partial charge in [0.05, 0.1) is 13.0 Å². The number of carbonyl (C=O) groups is 5. The summed E-state index contributed by atoms with van der Waals surface area (Å²) in [6, 6.07) is -2.34. The first kappa shape index (κ1) is 21.3. The number of hydrogen-bond acceptors (Lipinski definition) is 6. The van der Waals surface area contributed by atoms with Gasteiger partial charge >= 0.3 is 5.97 Å². The second kappa shape index (κ2) is 10.2. The van der Waals surface area contributed by atoms with Crippen LogP contribution >= 0.6 is 0 Å². The van der Waals surface area contributed by atoms with Gasteiger partial charge in [0.1, 0.15) is 18.6 Å². The van der Waals surface area contributed by atoms with Crippen LogP contribution in [0.1, 0.15) is 20.3 Å². The zero-order chi connectivity index (χ0) is 18.9. The number of carboxylic acids is 1. The number of amides is 4. The summed E-state index contributed by atoms with van der Waals surface area (Å²) in [5.74, 6) is -4.64. The van der Waals surface area contributed by atoms with E-state index in [2.05, 4.69) is 10.6 Å². The quantitative estimate of drug-likeness (QED) is 0.238. The highest BCUT2D eigenvalue weighted by molar-refractivity contribution is 5.95. The minimum absolute atomic E-state index is 0.319. The molecule has 0 aliphatic heterocycles. The van der Waals surface area contributed by atoms with Crippen LogP contribution < -0.4 is 27.4 Å². The first-order valence-electron chi connectivity index (χ1n) is 7.16. The zero-order valence-electron chi connectivity index (χ0n) is 13.5. The van der Waals surface area contributed by atoms with Gasteiger partial charge in [-0.05, 0) is 5.92 Å². The molecule has 0 saturated carbocycles. The predicted octanol–water partition coefficient (Wildman–Crippen LogP) is -3.35. The normalized spacial score (nSPS) is 12.8. The fourth-order valence-corrected chi connectivity index (χ4v) is 1.73. The third-order valence-corrected chi connectivity index (χ3v) is 2.90. The molecule has 0 aromatic heterocycles. The van der Waals surface area contributed by atoms with E-state index in [1.165, 1.54) is 0 Å². The first-order valence-corrected chi connectivity index (χ1v) is 7.16. The van der Waals surface area contributed by atoms with Crippen molar-refractivity contribution in [3.63, 3.8) is 0 Å². The summed E-state index contributed by atoms with van der Waals surface area (Å²) in [6.07, 6.45) is -0.521. The molecular weight excluding hydrogens is 322 g/mol. The summed E-state index contributed by atoms with van der Waals surface area (Å²) in [5.41, 5.74) is 10.2. The molecule has 11 nitrogen and oxygen atoms in total. The summed E-state index contributed by atoms with van der Waals surface area (Å²) in [7, 11) is 0. The average molecular weight is 345 g/mol. The van der Waals surface area contributed by atoms with Gasteiger partial charge in [0, 0.05) is 0 Å². The van der Waals surface area contributed by atoms with E-state index in [0.717, 1.165) is 0 Å². The number of nitrogens with two attached hydrogens (primary N) is 2. The van der Waals surface area contributed by atoms with Gasteiger partial charge in [-0.25, -0.2) is 0 Å². The molecule has 0 bridgehead atoms. The number of carboxylic acid groups (broad SMARTS) is 1. The van der Waals surface area contributed by atoms with Crippen LogP contribution in [0, 0.1) is 5.92 Å². The Morgan fingerprint density at radius 2 is 1.62 bits per heavy atom. The third kappa shape index (κ3) is 8.08. The van der Waals surface area contributed by atoms with Crippen LogP contribution in [0.15, 0.2) is 0 Å². The molecule has 0 saturated heterocycles. The third-order valence-electron chi connectivity index (χ3n) is 2.90. The van der Waals surface area contributed by atoms with Crippen LogP contribution in [0.2, 0.25) is 0 Å². The maximum atomic E-state index is 12.3. The number of hydrogen-bond donors (Lipinski definition) is 6. The predicted molar refractivity (Wildman–Crippen MR) is 82.2 cm³/mol. The summed E-state index contributed by atoms with van der Waals surface area (Å²) in [5, 5.41) is 15.3. The maximum absolute atomic E-state index is 12.3. The van der Waals surface area contributed by atoms with Crippen molar-refractivity contribution in [2.45, 2.75) is 32.4 Å². The van der Waals surface area contributed by atoms with Gasteiger partial charge < -0.3 is 32.5 Å². The summed E-state index contributed by atoms with van der Waals surface area (Å²) in [6.45, 7) is 2.32. The summed E-state index contributed by atoms with van der Waals surface area (Å²) >= 11 is 0. The van der Waals surface area contributed by atoms with Gasteiger partial charge in [-0.1, -0.05) is 13.8 Å². The van der Waals surface area contributed by atoms with E-state index in [1.54, 1.807) is 13.8 Å². The van der Waals surface area contributed by atoms with Crippen molar-refractivity contribution in [3.05, 3.63) is 0 Å². The molecule has 4 amide bonds. The van der Waals surface area contributed by atoms with Gasteiger partial charge in [0.2, 0.25) is 23.6 Å². The molecule has 0 spiro atoms. The topological polar surface area (TPSA) is 194 Å². The van der Waals surface area contributed by atoms with E-state index >= 15 is 0 Å². The molecule has 0 rings (SSSR count). The molecule has 136 valence electrons. The molecule has 2 unspecified atom stereocenters. The fraction of sp³-hybridized carbons (Fsp3) is 0.615. The lowest BCUT2D eigenvalue weighted by Crippen LogP contribution is -2.57. The van der Waals surface area contributed by atoms with Crippen LogP contribution in [-0.2, 0) is 24.0 Å². The van der Waals surface area contributed by atoms with Crippen molar-refractivity contribution in [1.82, 2.24) is 16.0 Å². The molecule has 8 N–H and O–H groups in total. The van der Waals surface area contributed by atoms with Crippen LogP contribution in [0.5, 0.6) is 0 Å². The van der Waals surface area contributed by atoms with Crippen molar-refractivity contribution in [2.75, 3.05) is 13.1 Å². The van der Waals surface area contributed by atoms with Crippen molar-refractivity contribution < 1.29 is 29.1 Å². The Morgan fingerprint density at radius 1 is 1.04 bits per heavy atom. The van der Waals surface area contributed by atoms with Crippen molar-refractivity contribution in [1.29, 1.82) is 0 Å². The largest absolute Gasteiger partial charge is 0.480 e. The molecule has 0 radical (unpaired) electrons. The highest BCUT2D eigenvalue weighted by atomic mass is 16.4. The smallest absolute Gasteiger partial charge is 0.322 e. The molecule has 2 atom stereocenters. The lowest BCUT2D eigenvalue weighted by atomic mass is 10.0. The molecule has 0 heterocycles. The van der Waals surface area contributed by atoms with E-state index < -0.39 is 54.6 Å². The molecule has 0 aliphatic rings. The number of rotatable bonds is 10.